The summed E-state index contributed by atoms with van der Waals surface area (Å²) in [6, 6.07) is 0.366. The molecule has 0 bridgehead atoms. The zero-order chi connectivity index (χ0) is 9.42. The number of aliphatic imine (C=N–C) groups is 1. The topological polar surface area (TPSA) is 50.8 Å². The maximum Gasteiger partial charge on any atom is 0.191 e. The van der Waals surface area contributed by atoms with Gasteiger partial charge < -0.3 is 15.4 Å². The first kappa shape index (κ1) is 8.81. The van der Waals surface area contributed by atoms with Gasteiger partial charge in [-0.3, -0.25) is 4.99 Å². The van der Waals surface area contributed by atoms with Gasteiger partial charge in [0.2, 0.25) is 0 Å². The van der Waals surface area contributed by atoms with Gasteiger partial charge >= 0.3 is 0 Å². The number of rotatable bonds is 1. The quantitative estimate of drug-likeness (QED) is 0.631. The minimum absolute atomic E-state index is 0.324. The van der Waals surface area contributed by atoms with E-state index in [0.29, 0.717) is 24.2 Å². The van der Waals surface area contributed by atoms with E-state index in [4.69, 9.17) is 10.5 Å². The summed E-state index contributed by atoms with van der Waals surface area (Å²) in [4.78, 5) is 6.24. The van der Waals surface area contributed by atoms with E-state index in [0.717, 1.165) is 19.4 Å². The lowest BCUT2D eigenvalue weighted by molar-refractivity contribution is 0.0212. The summed E-state index contributed by atoms with van der Waals surface area (Å²) in [5, 5.41) is 0. The number of nitrogens with zero attached hydrogens (tertiary/aromatic N) is 2. The second kappa shape index (κ2) is 3.18. The van der Waals surface area contributed by atoms with E-state index in [1.54, 1.807) is 0 Å². The summed E-state index contributed by atoms with van der Waals surface area (Å²) in [6.07, 6.45) is 3.03. The van der Waals surface area contributed by atoms with Crippen molar-refractivity contribution in [3.05, 3.63) is 0 Å². The highest BCUT2D eigenvalue weighted by molar-refractivity contribution is 5.79. The maximum absolute atomic E-state index is 5.79. The van der Waals surface area contributed by atoms with E-state index in [9.17, 15) is 0 Å². The van der Waals surface area contributed by atoms with Crippen LogP contribution in [0.3, 0.4) is 0 Å². The van der Waals surface area contributed by atoms with Crippen LogP contribution in [0.4, 0.5) is 0 Å². The normalized spacial score (nSPS) is 39.7. The minimum atomic E-state index is 0.324. The van der Waals surface area contributed by atoms with Crippen molar-refractivity contribution in [2.75, 3.05) is 13.6 Å². The highest BCUT2D eigenvalue weighted by Crippen LogP contribution is 2.25. The molecule has 0 aromatic heterocycles. The van der Waals surface area contributed by atoms with Crippen LogP contribution in [0.15, 0.2) is 4.99 Å². The highest BCUT2D eigenvalue weighted by atomic mass is 16.5. The molecule has 3 unspecified atom stereocenters. The van der Waals surface area contributed by atoms with Gasteiger partial charge in [-0.25, -0.2) is 0 Å². The van der Waals surface area contributed by atoms with Crippen molar-refractivity contribution in [3.8, 4) is 0 Å². The van der Waals surface area contributed by atoms with Crippen LogP contribution in [0.2, 0.25) is 0 Å². The molecule has 3 atom stereocenters. The lowest BCUT2D eigenvalue weighted by atomic mass is 10.1. The zero-order valence-electron chi connectivity index (χ0n) is 8.23. The number of guanidine groups is 1. The molecule has 2 rings (SSSR count). The van der Waals surface area contributed by atoms with Gasteiger partial charge in [-0.1, -0.05) is 0 Å². The first-order chi connectivity index (χ1) is 6.18. The van der Waals surface area contributed by atoms with Crippen LogP contribution in [-0.2, 0) is 4.74 Å². The summed E-state index contributed by atoms with van der Waals surface area (Å²) < 4.78 is 5.79. The van der Waals surface area contributed by atoms with Crippen molar-refractivity contribution < 1.29 is 4.74 Å². The molecule has 0 amide bonds. The lowest BCUT2D eigenvalue weighted by Crippen LogP contribution is -2.44. The maximum atomic E-state index is 5.79. The van der Waals surface area contributed by atoms with Gasteiger partial charge in [0.25, 0.3) is 0 Å². The molecule has 0 spiro atoms. The molecule has 0 aromatic rings. The fourth-order valence-electron chi connectivity index (χ4n) is 2.07. The van der Waals surface area contributed by atoms with Crippen LogP contribution in [0, 0.1) is 0 Å². The number of ether oxygens (including phenoxy) is 1. The molecule has 0 aliphatic carbocycles. The Morgan fingerprint density at radius 3 is 2.77 bits per heavy atom. The van der Waals surface area contributed by atoms with Gasteiger partial charge in [0.05, 0.1) is 24.8 Å². The Hall–Kier alpha value is -0.770. The van der Waals surface area contributed by atoms with Gasteiger partial charge in [-0.2, -0.15) is 0 Å². The number of hydrogen-bond acceptors (Lipinski definition) is 4. The van der Waals surface area contributed by atoms with E-state index in [2.05, 4.69) is 11.9 Å². The van der Waals surface area contributed by atoms with E-state index in [1.807, 2.05) is 11.9 Å². The molecule has 0 aromatic carbocycles. The first-order valence-electron chi connectivity index (χ1n) is 4.86. The van der Waals surface area contributed by atoms with Crippen LogP contribution in [0.5, 0.6) is 0 Å². The van der Waals surface area contributed by atoms with Crippen molar-refractivity contribution >= 4 is 5.96 Å². The Kier molecular flexibility index (Phi) is 2.15. The second-order valence-corrected chi connectivity index (χ2v) is 3.94. The third-order valence-corrected chi connectivity index (χ3v) is 2.99. The predicted molar refractivity (Wildman–Crippen MR) is 51.6 cm³/mol. The largest absolute Gasteiger partial charge is 0.373 e. The molecule has 13 heavy (non-hydrogen) atoms. The Bertz CT molecular complexity index is 229. The third-order valence-electron chi connectivity index (χ3n) is 2.99. The van der Waals surface area contributed by atoms with Crippen LogP contribution in [0.1, 0.15) is 19.8 Å². The first-order valence-corrected chi connectivity index (χ1v) is 4.86. The summed E-state index contributed by atoms with van der Waals surface area (Å²) in [5.74, 6) is 0.646. The molecule has 2 aliphatic heterocycles. The molecule has 2 N–H and O–H groups in total. The van der Waals surface area contributed by atoms with Crippen molar-refractivity contribution in [1.29, 1.82) is 0 Å². The Morgan fingerprint density at radius 2 is 2.31 bits per heavy atom. The van der Waals surface area contributed by atoms with Crippen molar-refractivity contribution in [1.82, 2.24) is 4.90 Å². The minimum Gasteiger partial charge on any atom is -0.373 e. The van der Waals surface area contributed by atoms with Crippen molar-refractivity contribution in [2.24, 2.45) is 10.7 Å². The van der Waals surface area contributed by atoms with Crippen LogP contribution in [-0.4, -0.2) is 42.7 Å². The SMILES string of the molecule is CC1CCC(C2CN=C(N)N2C)O1. The molecular weight excluding hydrogens is 166 g/mol. The molecule has 2 heterocycles. The average Bonchev–Trinajstić information content (AvgIpc) is 2.62. The van der Waals surface area contributed by atoms with Gasteiger partial charge in [-0.05, 0) is 19.8 Å². The number of nitrogens with two attached hydrogens (primary N) is 1. The standard InChI is InChI=1S/C9H17N3O/c1-6-3-4-8(13-6)7-5-11-9(10)12(7)2/h6-8H,3-5H2,1-2H3,(H2,10,11). The summed E-state index contributed by atoms with van der Waals surface area (Å²) in [7, 11) is 1.99. The van der Waals surface area contributed by atoms with Crippen molar-refractivity contribution in [2.45, 2.75) is 38.0 Å². The Labute approximate surface area is 78.8 Å². The molecule has 1 fully saturated rings. The molecular formula is C9H17N3O. The van der Waals surface area contributed by atoms with E-state index in [-0.39, 0.29) is 0 Å². The Morgan fingerprint density at radius 1 is 1.54 bits per heavy atom. The molecule has 0 saturated carbocycles. The van der Waals surface area contributed by atoms with E-state index in [1.165, 1.54) is 0 Å². The fraction of sp³-hybridized carbons (Fsp3) is 0.889. The van der Waals surface area contributed by atoms with Gasteiger partial charge in [0, 0.05) is 7.05 Å². The summed E-state index contributed by atoms with van der Waals surface area (Å²) in [6.45, 7) is 2.92. The van der Waals surface area contributed by atoms with Crippen LogP contribution < -0.4 is 5.73 Å². The molecule has 4 nitrogen and oxygen atoms in total. The highest BCUT2D eigenvalue weighted by Gasteiger charge is 2.35. The van der Waals surface area contributed by atoms with E-state index < -0.39 is 0 Å². The molecule has 2 aliphatic rings. The number of likely N-dealkylation sites (N-methyl/N-ethyl adjacent to an activating group) is 1. The van der Waals surface area contributed by atoms with Gasteiger partial charge in [0.15, 0.2) is 5.96 Å². The summed E-state index contributed by atoms with van der Waals surface area (Å²) in [5.41, 5.74) is 5.69. The lowest BCUT2D eigenvalue weighted by Gasteiger charge is -2.26. The smallest absolute Gasteiger partial charge is 0.191 e. The number of hydrogen-bond donors (Lipinski definition) is 1. The Balaban J connectivity index is 1.96. The van der Waals surface area contributed by atoms with Crippen LogP contribution >= 0.6 is 0 Å². The van der Waals surface area contributed by atoms with Gasteiger partial charge in [0.1, 0.15) is 0 Å². The average molecular weight is 183 g/mol. The van der Waals surface area contributed by atoms with Crippen molar-refractivity contribution in [3.63, 3.8) is 0 Å². The van der Waals surface area contributed by atoms with Gasteiger partial charge in [-0.15, -0.1) is 0 Å². The molecule has 74 valence electrons. The van der Waals surface area contributed by atoms with Crippen LogP contribution in [0.25, 0.3) is 0 Å². The second-order valence-electron chi connectivity index (χ2n) is 3.94. The third kappa shape index (κ3) is 1.50. The molecule has 1 saturated heterocycles. The molecule has 0 radical (unpaired) electrons. The molecule has 4 heteroatoms. The monoisotopic (exact) mass is 183 g/mol. The predicted octanol–water partition coefficient (Wildman–Crippen LogP) is 0.183. The zero-order valence-corrected chi connectivity index (χ0v) is 8.23. The van der Waals surface area contributed by atoms with E-state index >= 15 is 0 Å². The summed E-state index contributed by atoms with van der Waals surface area (Å²) >= 11 is 0. The fourth-order valence-corrected chi connectivity index (χ4v) is 2.07.